The minimum atomic E-state index is -0.713. The summed E-state index contributed by atoms with van der Waals surface area (Å²) in [7, 11) is 0. The lowest BCUT2D eigenvalue weighted by Crippen LogP contribution is -2.27. The average molecular weight is 303 g/mol. The Morgan fingerprint density at radius 1 is 1.36 bits per heavy atom. The highest BCUT2D eigenvalue weighted by Gasteiger charge is 2.33. The lowest BCUT2D eigenvalue weighted by Gasteiger charge is -2.28. The number of hydrogen-bond donors (Lipinski definition) is 0. The zero-order chi connectivity index (χ0) is 16.3. The second-order valence-corrected chi connectivity index (χ2v) is 5.42. The van der Waals surface area contributed by atoms with Gasteiger partial charge >= 0.3 is 5.97 Å². The molecular weight excluding hydrogens is 286 g/mol. The Morgan fingerprint density at radius 3 is 2.50 bits per heavy atom. The maximum absolute atomic E-state index is 12.2. The predicted molar refractivity (Wildman–Crippen MR) is 79.1 cm³/mol. The van der Waals surface area contributed by atoms with Crippen molar-refractivity contribution in [3.8, 4) is 0 Å². The molecule has 0 spiro atoms. The molecule has 0 fully saturated rings. The number of non-ortho nitro benzene ring substituents is 1. The van der Waals surface area contributed by atoms with Crippen LogP contribution in [0.25, 0.3) is 0 Å². The minimum absolute atomic E-state index is 0.0453. The standard InChI is InChI=1S/C16H17NO5/c1-10-3-8-14(15(19)9-10)16(22-11(2)18)12-4-6-13(7-5-12)17(20)21/h4-7,9,14,16H,3,8H2,1-2H3/t14-,16+/m1/s1. The van der Waals surface area contributed by atoms with E-state index in [4.69, 9.17) is 4.74 Å². The monoisotopic (exact) mass is 303 g/mol. The van der Waals surface area contributed by atoms with Crippen LogP contribution in [0.3, 0.4) is 0 Å². The highest BCUT2D eigenvalue weighted by molar-refractivity contribution is 5.93. The average Bonchev–Trinajstić information content (AvgIpc) is 2.45. The van der Waals surface area contributed by atoms with Crippen molar-refractivity contribution < 1.29 is 19.2 Å². The van der Waals surface area contributed by atoms with Gasteiger partial charge in [-0.05, 0) is 43.5 Å². The van der Waals surface area contributed by atoms with Crippen molar-refractivity contribution in [3.05, 3.63) is 51.6 Å². The Morgan fingerprint density at radius 2 is 2.00 bits per heavy atom. The number of nitro groups is 1. The second-order valence-electron chi connectivity index (χ2n) is 5.42. The van der Waals surface area contributed by atoms with E-state index in [2.05, 4.69) is 0 Å². The number of rotatable bonds is 4. The highest BCUT2D eigenvalue weighted by atomic mass is 16.6. The largest absolute Gasteiger partial charge is 0.457 e. The number of hydrogen-bond acceptors (Lipinski definition) is 5. The fourth-order valence-corrected chi connectivity index (χ4v) is 2.60. The number of esters is 1. The molecule has 1 aliphatic carbocycles. The molecule has 0 unspecified atom stereocenters. The molecule has 6 nitrogen and oxygen atoms in total. The number of ether oxygens (including phenoxy) is 1. The quantitative estimate of drug-likeness (QED) is 0.484. The molecule has 116 valence electrons. The van der Waals surface area contributed by atoms with Crippen LogP contribution in [0.4, 0.5) is 5.69 Å². The zero-order valence-electron chi connectivity index (χ0n) is 12.4. The van der Waals surface area contributed by atoms with Gasteiger partial charge in [0.1, 0.15) is 6.10 Å². The summed E-state index contributed by atoms with van der Waals surface area (Å²) in [6.07, 6.45) is 2.22. The topological polar surface area (TPSA) is 86.5 Å². The summed E-state index contributed by atoms with van der Waals surface area (Å²) in [6.45, 7) is 3.17. The lowest BCUT2D eigenvalue weighted by atomic mass is 9.82. The molecule has 6 heteroatoms. The maximum Gasteiger partial charge on any atom is 0.303 e. The summed E-state index contributed by atoms with van der Waals surface area (Å²) < 4.78 is 5.32. The van der Waals surface area contributed by atoms with Gasteiger partial charge in [0.2, 0.25) is 0 Å². The third-order valence-electron chi connectivity index (χ3n) is 3.69. The van der Waals surface area contributed by atoms with Crippen LogP contribution < -0.4 is 0 Å². The van der Waals surface area contributed by atoms with E-state index in [9.17, 15) is 19.7 Å². The first-order valence-corrected chi connectivity index (χ1v) is 7.01. The molecule has 22 heavy (non-hydrogen) atoms. The van der Waals surface area contributed by atoms with Crippen LogP contribution in [-0.2, 0) is 14.3 Å². The molecule has 0 aromatic heterocycles. The van der Waals surface area contributed by atoms with Crippen LogP contribution in [-0.4, -0.2) is 16.7 Å². The van der Waals surface area contributed by atoms with Crippen LogP contribution in [0.15, 0.2) is 35.9 Å². The van der Waals surface area contributed by atoms with E-state index in [1.54, 1.807) is 6.08 Å². The molecule has 1 aliphatic rings. The van der Waals surface area contributed by atoms with Crippen molar-refractivity contribution in [1.82, 2.24) is 0 Å². The maximum atomic E-state index is 12.2. The van der Waals surface area contributed by atoms with Gasteiger partial charge in [0, 0.05) is 19.1 Å². The first-order valence-electron chi connectivity index (χ1n) is 7.01. The molecule has 1 aromatic rings. The van der Waals surface area contributed by atoms with Crippen molar-refractivity contribution in [2.75, 3.05) is 0 Å². The number of carbonyl (C=O) groups excluding carboxylic acids is 2. The molecule has 0 radical (unpaired) electrons. The Hall–Kier alpha value is -2.50. The first-order chi connectivity index (χ1) is 10.4. The Bertz CT molecular complexity index is 632. The summed E-state index contributed by atoms with van der Waals surface area (Å²) >= 11 is 0. The lowest BCUT2D eigenvalue weighted by molar-refractivity contribution is -0.384. The third kappa shape index (κ3) is 3.58. The van der Waals surface area contributed by atoms with E-state index in [0.29, 0.717) is 12.0 Å². The van der Waals surface area contributed by atoms with Crippen LogP contribution in [0, 0.1) is 16.0 Å². The first kappa shape index (κ1) is 15.9. The molecule has 0 saturated carbocycles. The van der Waals surface area contributed by atoms with Gasteiger partial charge in [-0.15, -0.1) is 0 Å². The summed E-state index contributed by atoms with van der Waals surface area (Å²) in [6, 6.07) is 5.76. The number of nitro benzene ring substituents is 1. The zero-order valence-corrected chi connectivity index (χ0v) is 12.4. The fraction of sp³-hybridized carbons (Fsp3) is 0.375. The molecule has 2 atom stereocenters. The Kier molecular flexibility index (Phi) is 4.70. The molecule has 0 amide bonds. The predicted octanol–water partition coefficient (Wildman–Crippen LogP) is 3.12. The summed E-state index contributed by atoms with van der Waals surface area (Å²) in [5.74, 6) is -1.01. The minimum Gasteiger partial charge on any atom is -0.457 e. The molecule has 2 rings (SSSR count). The number of carbonyl (C=O) groups is 2. The molecule has 0 saturated heterocycles. The number of allylic oxidation sites excluding steroid dienone is 2. The molecular formula is C16H17NO5. The molecule has 0 bridgehead atoms. The smallest absolute Gasteiger partial charge is 0.303 e. The van der Waals surface area contributed by atoms with Gasteiger partial charge in [-0.1, -0.05) is 5.57 Å². The Balaban J connectivity index is 2.32. The number of nitrogens with zero attached hydrogens (tertiary/aromatic N) is 1. The van der Waals surface area contributed by atoms with E-state index in [1.165, 1.54) is 31.2 Å². The van der Waals surface area contributed by atoms with E-state index in [1.807, 2.05) is 6.92 Å². The number of benzene rings is 1. The fourth-order valence-electron chi connectivity index (χ4n) is 2.60. The van der Waals surface area contributed by atoms with Gasteiger partial charge in [0.05, 0.1) is 10.8 Å². The van der Waals surface area contributed by atoms with E-state index >= 15 is 0 Å². The van der Waals surface area contributed by atoms with Crippen LogP contribution >= 0.6 is 0 Å². The molecule has 0 N–H and O–H groups in total. The van der Waals surface area contributed by atoms with Crippen molar-refractivity contribution >= 4 is 17.4 Å². The van der Waals surface area contributed by atoms with E-state index in [0.717, 1.165) is 12.0 Å². The van der Waals surface area contributed by atoms with E-state index < -0.39 is 22.9 Å². The van der Waals surface area contributed by atoms with Gasteiger partial charge in [0.25, 0.3) is 5.69 Å². The van der Waals surface area contributed by atoms with Crippen LogP contribution in [0.2, 0.25) is 0 Å². The highest BCUT2D eigenvalue weighted by Crippen LogP contribution is 2.35. The SMILES string of the molecule is CC(=O)O[C@@H](c1ccc([N+](=O)[O-])cc1)[C@@H]1CCC(C)=CC1=O. The molecule has 1 aromatic carbocycles. The van der Waals surface area contributed by atoms with Crippen molar-refractivity contribution in [2.45, 2.75) is 32.8 Å². The van der Waals surface area contributed by atoms with Gasteiger partial charge in [0.15, 0.2) is 5.78 Å². The third-order valence-corrected chi connectivity index (χ3v) is 3.69. The van der Waals surface area contributed by atoms with Crippen molar-refractivity contribution in [3.63, 3.8) is 0 Å². The van der Waals surface area contributed by atoms with Gasteiger partial charge in [-0.3, -0.25) is 19.7 Å². The van der Waals surface area contributed by atoms with Gasteiger partial charge in [-0.2, -0.15) is 0 Å². The van der Waals surface area contributed by atoms with Crippen LogP contribution in [0.5, 0.6) is 0 Å². The summed E-state index contributed by atoms with van der Waals surface area (Å²) in [4.78, 5) is 33.8. The Labute approximate surface area is 127 Å². The molecule has 0 heterocycles. The number of ketones is 1. The van der Waals surface area contributed by atoms with Gasteiger partial charge in [-0.25, -0.2) is 0 Å². The normalized spacial score (nSPS) is 19.3. The second kappa shape index (κ2) is 6.51. The van der Waals surface area contributed by atoms with Gasteiger partial charge < -0.3 is 4.74 Å². The van der Waals surface area contributed by atoms with Crippen LogP contribution in [0.1, 0.15) is 38.4 Å². The van der Waals surface area contributed by atoms with E-state index in [-0.39, 0.29) is 11.5 Å². The summed E-state index contributed by atoms with van der Waals surface area (Å²) in [5.41, 5.74) is 1.55. The van der Waals surface area contributed by atoms with Crippen molar-refractivity contribution in [2.24, 2.45) is 5.92 Å². The molecule has 0 aliphatic heterocycles. The van der Waals surface area contributed by atoms with Crippen molar-refractivity contribution in [1.29, 1.82) is 0 Å². The summed E-state index contributed by atoms with van der Waals surface area (Å²) in [5, 5.41) is 10.7.